The predicted molar refractivity (Wildman–Crippen MR) is 73.8 cm³/mol. The summed E-state index contributed by atoms with van der Waals surface area (Å²) >= 11 is 4.44. The van der Waals surface area contributed by atoms with Gasteiger partial charge >= 0.3 is 5.97 Å². The Labute approximate surface area is 122 Å². The standard InChI is InChI=1S/C12H9BrN2O3S/c1-18-10-8(13)6-14-12(15-10)19-9-5-3-2-4-7(9)11(16)17/h2-6H,1H3,(H,16,17). The number of ether oxygens (including phenoxy) is 1. The molecule has 0 aliphatic carbocycles. The van der Waals surface area contributed by atoms with Crippen molar-refractivity contribution in [1.29, 1.82) is 0 Å². The van der Waals surface area contributed by atoms with Crippen LogP contribution in [0.3, 0.4) is 0 Å². The van der Waals surface area contributed by atoms with Crippen LogP contribution in [0.2, 0.25) is 0 Å². The molecule has 0 fully saturated rings. The van der Waals surface area contributed by atoms with Gasteiger partial charge in [0.05, 0.1) is 17.1 Å². The summed E-state index contributed by atoms with van der Waals surface area (Å²) in [5.74, 6) is -0.572. The van der Waals surface area contributed by atoms with Crippen LogP contribution in [0.1, 0.15) is 10.4 Å². The monoisotopic (exact) mass is 340 g/mol. The van der Waals surface area contributed by atoms with E-state index in [0.717, 1.165) is 0 Å². The van der Waals surface area contributed by atoms with Crippen molar-refractivity contribution < 1.29 is 14.6 Å². The van der Waals surface area contributed by atoms with Crippen LogP contribution in [0.4, 0.5) is 0 Å². The van der Waals surface area contributed by atoms with Crippen LogP contribution in [0.5, 0.6) is 5.88 Å². The highest BCUT2D eigenvalue weighted by Gasteiger charge is 2.13. The highest BCUT2D eigenvalue weighted by atomic mass is 79.9. The Morgan fingerprint density at radius 3 is 2.84 bits per heavy atom. The van der Waals surface area contributed by atoms with E-state index in [1.165, 1.54) is 18.9 Å². The molecule has 0 saturated heterocycles. The van der Waals surface area contributed by atoms with Gasteiger partial charge in [-0.1, -0.05) is 12.1 Å². The van der Waals surface area contributed by atoms with Gasteiger partial charge in [-0.15, -0.1) is 0 Å². The normalized spacial score (nSPS) is 10.2. The maximum atomic E-state index is 11.1. The van der Waals surface area contributed by atoms with Gasteiger partial charge in [0.15, 0.2) is 5.16 Å². The van der Waals surface area contributed by atoms with Gasteiger partial charge in [0.2, 0.25) is 5.88 Å². The number of hydrogen-bond donors (Lipinski definition) is 1. The molecule has 1 N–H and O–H groups in total. The summed E-state index contributed by atoms with van der Waals surface area (Å²) < 4.78 is 5.72. The van der Waals surface area contributed by atoms with Crippen LogP contribution in [0.15, 0.2) is 45.0 Å². The molecule has 0 aliphatic heterocycles. The Morgan fingerprint density at radius 2 is 2.16 bits per heavy atom. The molecule has 98 valence electrons. The SMILES string of the molecule is COc1nc(Sc2ccccc2C(=O)O)ncc1Br. The summed E-state index contributed by atoms with van der Waals surface area (Å²) in [4.78, 5) is 20.0. The second kappa shape index (κ2) is 6.03. The second-order valence-electron chi connectivity index (χ2n) is 3.41. The van der Waals surface area contributed by atoms with E-state index in [0.29, 0.717) is 20.4 Å². The Bertz CT molecular complexity index is 622. The molecule has 19 heavy (non-hydrogen) atoms. The molecular formula is C12H9BrN2O3S. The Balaban J connectivity index is 2.34. The summed E-state index contributed by atoms with van der Waals surface area (Å²) in [6.45, 7) is 0. The van der Waals surface area contributed by atoms with Gasteiger partial charge in [-0.05, 0) is 39.8 Å². The maximum Gasteiger partial charge on any atom is 0.336 e. The minimum Gasteiger partial charge on any atom is -0.480 e. The van der Waals surface area contributed by atoms with Gasteiger partial charge in [-0.2, -0.15) is 4.98 Å². The Kier molecular flexibility index (Phi) is 4.39. The minimum atomic E-state index is -0.979. The van der Waals surface area contributed by atoms with Gasteiger partial charge in [0.1, 0.15) is 0 Å². The Hall–Kier alpha value is -1.60. The average molecular weight is 341 g/mol. The lowest BCUT2D eigenvalue weighted by Crippen LogP contribution is -1.99. The van der Waals surface area contributed by atoms with Crippen LogP contribution in [0, 0.1) is 0 Å². The summed E-state index contributed by atoms with van der Waals surface area (Å²) in [6, 6.07) is 6.70. The highest BCUT2D eigenvalue weighted by molar-refractivity contribution is 9.10. The van der Waals surface area contributed by atoms with Crippen LogP contribution in [0.25, 0.3) is 0 Å². The minimum absolute atomic E-state index is 0.220. The molecule has 1 aromatic heterocycles. The summed E-state index contributed by atoms with van der Waals surface area (Å²) in [6.07, 6.45) is 1.57. The van der Waals surface area contributed by atoms with Crippen molar-refractivity contribution in [1.82, 2.24) is 9.97 Å². The number of aromatic nitrogens is 2. The molecule has 1 aromatic carbocycles. The lowest BCUT2D eigenvalue weighted by Gasteiger charge is -2.06. The van der Waals surface area contributed by atoms with Crippen LogP contribution < -0.4 is 4.74 Å². The third-order valence-corrected chi connectivity index (χ3v) is 3.70. The summed E-state index contributed by atoms with van der Waals surface area (Å²) in [7, 11) is 1.51. The summed E-state index contributed by atoms with van der Waals surface area (Å²) in [5.41, 5.74) is 0.220. The van der Waals surface area contributed by atoms with E-state index in [1.54, 1.807) is 30.5 Å². The first-order valence-corrected chi connectivity index (χ1v) is 6.79. The van der Waals surface area contributed by atoms with Gasteiger partial charge in [-0.25, -0.2) is 9.78 Å². The number of methoxy groups -OCH3 is 1. The van der Waals surface area contributed by atoms with Crippen molar-refractivity contribution in [3.05, 3.63) is 40.5 Å². The van der Waals surface area contributed by atoms with Crippen molar-refractivity contribution in [3.63, 3.8) is 0 Å². The quantitative estimate of drug-likeness (QED) is 0.862. The molecule has 0 saturated carbocycles. The van der Waals surface area contributed by atoms with E-state index >= 15 is 0 Å². The number of nitrogens with zero attached hydrogens (tertiary/aromatic N) is 2. The zero-order chi connectivity index (χ0) is 13.8. The number of carboxylic acid groups (broad SMARTS) is 1. The number of benzene rings is 1. The molecule has 2 rings (SSSR count). The first-order valence-electron chi connectivity index (χ1n) is 5.18. The molecule has 7 heteroatoms. The van der Waals surface area contributed by atoms with E-state index in [1.807, 2.05) is 0 Å². The van der Waals surface area contributed by atoms with E-state index in [-0.39, 0.29) is 5.56 Å². The number of aromatic carboxylic acids is 1. The van der Waals surface area contributed by atoms with E-state index in [4.69, 9.17) is 9.84 Å². The molecule has 0 atom stereocenters. The topological polar surface area (TPSA) is 72.3 Å². The maximum absolute atomic E-state index is 11.1. The van der Waals surface area contributed by atoms with Crippen LogP contribution >= 0.6 is 27.7 Å². The molecule has 0 radical (unpaired) electrons. The molecule has 0 bridgehead atoms. The fourth-order valence-electron chi connectivity index (χ4n) is 1.36. The molecule has 0 spiro atoms. The van der Waals surface area contributed by atoms with Gasteiger partial charge in [0, 0.05) is 11.1 Å². The van der Waals surface area contributed by atoms with Crippen molar-refractivity contribution in [3.8, 4) is 5.88 Å². The fourth-order valence-corrected chi connectivity index (χ4v) is 2.55. The molecule has 0 amide bonds. The van der Waals surface area contributed by atoms with Crippen LogP contribution in [-0.4, -0.2) is 28.2 Å². The third-order valence-electron chi connectivity index (χ3n) is 2.20. The highest BCUT2D eigenvalue weighted by Crippen LogP contribution is 2.30. The third kappa shape index (κ3) is 3.24. The lowest BCUT2D eigenvalue weighted by atomic mass is 10.2. The smallest absolute Gasteiger partial charge is 0.336 e. The van der Waals surface area contributed by atoms with Gasteiger partial charge in [-0.3, -0.25) is 0 Å². The first kappa shape index (κ1) is 13.8. The molecular weight excluding hydrogens is 332 g/mol. The zero-order valence-corrected chi connectivity index (χ0v) is 12.2. The molecule has 5 nitrogen and oxygen atoms in total. The van der Waals surface area contributed by atoms with E-state index in [2.05, 4.69) is 25.9 Å². The van der Waals surface area contributed by atoms with E-state index in [9.17, 15) is 4.79 Å². The van der Waals surface area contributed by atoms with E-state index < -0.39 is 5.97 Å². The molecule has 2 aromatic rings. The van der Waals surface area contributed by atoms with Gasteiger partial charge < -0.3 is 9.84 Å². The summed E-state index contributed by atoms with van der Waals surface area (Å²) in [5, 5.41) is 9.53. The predicted octanol–water partition coefficient (Wildman–Crippen LogP) is 3.10. The molecule has 0 unspecified atom stereocenters. The van der Waals surface area contributed by atoms with Gasteiger partial charge in [0.25, 0.3) is 0 Å². The van der Waals surface area contributed by atoms with Crippen molar-refractivity contribution in [2.75, 3.05) is 7.11 Å². The van der Waals surface area contributed by atoms with Crippen LogP contribution in [-0.2, 0) is 0 Å². The Morgan fingerprint density at radius 1 is 1.42 bits per heavy atom. The van der Waals surface area contributed by atoms with Crippen molar-refractivity contribution in [2.45, 2.75) is 10.1 Å². The number of rotatable bonds is 4. The van der Waals surface area contributed by atoms with Crippen molar-refractivity contribution >= 4 is 33.7 Å². The molecule has 0 aliphatic rings. The average Bonchev–Trinajstić information content (AvgIpc) is 2.41. The zero-order valence-electron chi connectivity index (χ0n) is 9.83. The number of hydrogen-bond acceptors (Lipinski definition) is 5. The number of carboxylic acids is 1. The lowest BCUT2D eigenvalue weighted by molar-refractivity contribution is 0.0693. The second-order valence-corrected chi connectivity index (χ2v) is 5.28. The fraction of sp³-hybridized carbons (Fsp3) is 0.0833. The largest absolute Gasteiger partial charge is 0.480 e. The number of halogens is 1. The molecule has 1 heterocycles. The number of carbonyl (C=O) groups is 1. The van der Waals surface area contributed by atoms with Crippen molar-refractivity contribution in [2.24, 2.45) is 0 Å². The first-order chi connectivity index (χ1) is 9.11.